The van der Waals surface area contributed by atoms with Gasteiger partial charge in [-0.1, -0.05) is 19.4 Å². The van der Waals surface area contributed by atoms with E-state index >= 15 is 0 Å². The first-order valence-electron chi connectivity index (χ1n) is 7.76. The van der Waals surface area contributed by atoms with Crippen molar-refractivity contribution in [1.82, 2.24) is 5.32 Å². The van der Waals surface area contributed by atoms with Gasteiger partial charge in [-0.2, -0.15) is 0 Å². The molecule has 0 heterocycles. The largest absolute Gasteiger partial charge is 0.452 e. The number of aryl methyl sites for hydroxylation is 2. The van der Waals surface area contributed by atoms with Gasteiger partial charge in [0.2, 0.25) is 0 Å². The molecule has 4 heteroatoms. The second kappa shape index (κ2) is 7.81. The first-order valence-corrected chi connectivity index (χ1v) is 7.76. The van der Waals surface area contributed by atoms with Gasteiger partial charge in [0.15, 0.2) is 6.61 Å². The minimum absolute atomic E-state index is 0.209. The zero-order valence-corrected chi connectivity index (χ0v) is 12.6. The molecule has 2 rings (SSSR count). The molecule has 0 bridgehead atoms. The molecule has 0 aromatic heterocycles. The number of rotatable bonds is 6. The molecule has 0 spiro atoms. The van der Waals surface area contributed by atoms with Crippen molar-refractivity contribution in [2.75, 3.05) is 13.2 Å². The Morgan fingerprint density at radius 2 is 1.95 bits per heavy atom. The molecular weight excluding hydrogens is 266 g/mol. The summed E-state index contributed by atoms with van der Waals surface area (Å²) in [7, 11) is 0. The topological polar surface area (TPSA) is 55.4 Å². The molecule has 1 N–H and O–H groups in total. The Morgan fingerprint density at radius 3 is 2.71 bits per heavy atom. The van der Waals surface area contributed by atoms with Gasteiger partial charge in [0.05, 0.1) is 5.56 Å². The summed E-state index contributed by atoms with van der Waals surface area (Å²) >= 11 is 0. The van der Waals surface area contributed by atoms with E-state index in [1.807, 2.05) is 12.1 Å². The van der Waals surface area contributed by atoms with E-state index in [9.17, 15) is 9.59 Å². The summed E-state index contributed by atoms with van der Waals surface area (Å²) in [6, 6.07) is 5.71. The maximum Gasteiger partial charge on any atom is 0.338 e. The molecule has 1 aliphatic rings. The summed E-state index contributed by atoms with van der Waals surface area (Å²) in [5.41, 5.74) is 3.11. The Bertz CT molecular complexity index is 511. The monoisotopic (exact) mass is 289 g/mol. The van der Waals surface area contributed by atoms with Crippen molar-refractivity contribution >= 4 is 11.9 Å². The fourth-order valence-corrected chi connectivity index (χ4v) is 2.53. The normalized spacial score (nSPS) is 13.4. The van der Waals surface area contributed by atoms with Crippen LogP contribution in [0.1, 0.15) is 54.1 Å². The van der Waals surface area contributed by atoms with Crippen LogP contribution in [0, 0.1) is 0 Å². The van der Waals surface area contributed by atoms with Gasteiger partial charge < -0.3 is 10.1 Å². The lowest BCUT2D eigenvalue weighted by Crippen LogP contribution is -2.29. The van der Waals surface area contributed by atoms with Crippen LogP contribution in [0.2, 0.25) is 0 Å². The lowest BCUT2D eigenvalue weighted by Gasteiger charge is -2.16. The van der Waals surface area contributed by atoms with Crippen LogP contribution in [0.5, 0.6) is 0 Å². The predicted octanol–water partition coefficient (Wildman–Crippen LogP) is 2.64. The molecule has 0 fully saturated rings. The maximum absolute atomic E-state index is 12.0. The number of benzene rings is 1. The number of hydrogen-bond acceptors (Lipinski definition) is 3. The Balaban J connectivity index is 1.84. The van der Waals surface area contributed by atoms with Crippen molar-refractivity contribution in [2.24, 2.45) is 0 Å². The first-order chi connectivity index (χ1) is 10.2. The third-order valence-electron chi connectivity index (χ3n) is 3.77. The lowest BCUT2D eigenvalue weighted by atomic mass is 9.90. The number of nitrogens with one attached hydrogen (secondary N) is 1. The third kappa shape index (κ3) is 4.59. The van der Waals surface area contributed by atoms with E-state index in [0.717, 1.165) is 25.7 Å². The summed E-state index contributed by atoms with van der Waals surface area (Å²) in [6.07, 6.45) is 6.46. The average molecular weight is 289 g/mol. The van der Waals surface area contributed by atoms with E-state index in [2.05, 4.69) is 12.2 Å². The highest BCUT2D eigenvalue weighted by atomic mass is 16.5. The Kier molecular flexibility index (Phi) is 5.78. The highest BCUT2D eigenvalue weighted by molar-refractivity contribution is 5.91. The Labute approximate surface area is 125 Å². The van der Waals surface area contributed by atoms with Crippen LogP contribution >= 0.6 is 0 Å². The van der Waals surface area contributed by atoms with E-state index < -0.39 is 5.97 Å². The molecular formula is C17H23NO3. The number of carbonyl (C=O) groups is 2. The number of fused-ring (bicyclic) bond motifs is 1. The van der Waals surface area contributed by atoms with Crippen LogP contribution in [0.3, 0.4) is 0 Å². The van der Waals surface area contributed by atoms with Gasteiger partial charge in [-0.25, -0.2) is 4.79 Å². The summed E-state index contributed by atoms with van der Waals surface area (Å²) in [5, 5.41) is 2.72. The zero-order chi connectivity index (χ0) is 15.1. The maximum atomic E-state index is 12.0. The quantitative estimate of drug-likeness (QED) is 0.647. The highest BCUT2D eigenvalue weighted by Gasteiger charge is 2.14. The fraction of sp³-hybridized carbons (Fsp3) is 0.529. The molecule has 0 saturated heterocycles. The third-order valence-corrected chi connectivity index (χ3v) is 3.77. The van der Waals surface area contributed by atoms with Crippen molar-refractivity contribution in [3.8, 4) is 0 Å². The van der Waals surface area contributed by atoms with Crippen LogP contribution < -0.4 is 5.32 Å². The Morgan fingerprint density at radius 1 is 1.19 bits per heavy atom. The van der Waals surface area contributed by atoms with E-state index in [0.29, 0.717) is 12.1 Å². The van der Waals surface area contributed by atoms with Crippen LogP contribution in [-0.2, 0) is 22.4 Å². The molecule has 1 aromatic rings. The van der Waals surface area contributed by atoms with Gasteiger partial charge in [0, 0.05) is 6.54 Å². The molecule has 21 heavy (non-hydrogen) atoms. The standard InChI is InChI=1S/C17H23NO3/c1-2-3-10-18-16(19)12-21-17(20)15-9-8-13-6-4-5-7-14(13)11-15/h8-9,11H,2-7,10,12H2,1H3,(H,18,19). The van der Waals surface area contributed by atoms with E-state index in [-0.39, 0.29) is 12.5 Å². The number of carbonyl (C=O) groups excluding carboxylic acids is 2. The zero-order valence-electron chi connectivity index (χ0n) is 12.6. The molecule has 0 unspecified atom stereocenters. The van der Waals surface area contributed by atoms with Gasteiger partial charge in [-0.05, 0) is 55.4 Å². The second-order valence-corrected chi connectivity index (χ2v) is 5.47. The van der Waals surface area contributed by atoms with Gasteiger partial charge >= 0.3 is 5.97 Å². The van der Waals surface area contributed by atoms with Gasteiger partial charge in [-0.15, -0.1) is 0 Å². The SMILES string of the molecule is CCCCNC(=O)COC(=O)c1ccc2c(c1)CCCC2. The van der Waals surface area contributed by atoms with Gasteiger partial charge in [-0.3, -0.25) is 4.79 Å². The minimum Gasteiger partial charge on any atom is -0.452 e. The highest BCUT2D eigenvalue weighted by Crippen LogP contribution is 2.22. The summed E-state index contributed by atoms with van der Waals surface area (Å²) in [4.78, 5) is 23.5. The molecule has 0 atom stereocenters. The molecule has 0 saturated carbocycles. The molecule has 1 aliphatic carbocycles. The number of unbranched alkanes of at least 4 members (excludes halogenated alkanes) is 1. The van der Waals surface area contributed by atoms with Crippen LogP contribution in [0.25, 0.3) is 0 Å². The molecule has 1 amide bonds. The van der Waals surface area contributed by atoms with E-state index in [4.69, 9.17) is 4.74 Å². The summed E-state index contributed by atoms with van der Waals surface area (Å²) in [6.45, 7) is 2.48. The predicted molar refractivity (Wildman–Crippen MR) is 81.3 cm³/mol. The summed E-state index contributed by atoms with van der Waals surface area (Å²) in [5.74, 6) is -0.663. The molecule has 114 valence electrons. The molecule has 4 nitrogen and oxygen atoms in total. The number of ether oxygens (including phenoxy) is 1. The van der Waals surface area contributed by atoms with Crippen LogP contribution in [-0.4, -0.2) is 25.0 Å². The fourth-order valence-electron chi connectivity index (χ4n) is 2.53. The van der Waals surface area contributed by atoms with Crippen LogP contribution in [0.15, 0.2) is 18.2 Å². The Hall–Kier alpha value is -1.84. The second-order valence-electron chi connectivity index (χ2n) is 5.47. The van der Waals surface area contributed by atoms with E-state index in [1.165, 1.54) is 24.0 Å². The number of hydrogen-bond donors (Lipinski definition) is 1. The van der Waals surface area contributed by atoms with Crippen molar-refractivity contribution < 1.29 is 14.3 Å². The molecule has 1 aromatic carbocycles. The minimum atomic E-state index is -0.422. The van der Waals surface area contributed by atoms with Crippen molar-refractivity contribution in [3.63, 3.8) is 0 Å². The van der Waals surface area contributed by atoms with Crippen LogP contribution in [0.4, 0.5) is 0 Å². The van der Waals surface area contributed by atoms with Gasteiger partial charge in [0.1, 0.15) is 0 Å². The van der Waals surface area contributed by atoms with Crippen molar-refractivity contribution in [3.05, 3.63) is 34.9 Å². The van der Waals surface area contributed by atoms with E-state index in [1.54, 1.807) is 6.07 Å². The van der Waals surface area contributed by atoms with Crippen molar-refractivity contribution in [2.45, 2.75) is 45.4 Å². The molecule has 0 radical (unpaired) electrons. The average Bonchev–Trinajstić information content (AvgIpc) is 2.52. The summed E-state index contributed by atoms with van der Waals surface area (Å²) < 4.78 is 5.06. The molecule has 0 aliphatic heterocycles. The van der Waals surface area contributed by atoms with Gasteiger partial charge in [0.25, 0.3) is 5.91 Å². The van der Waals surface area contributed by atoms with Crippen molar-refractivity contribution in [1.29, 1.82) is 0 Å². The first kappa shape index (κ1) is 15.5. The number of amides is 1. The number of esters is 1. The smallest absolute Gasteiger partial charge is 0.338 e. The lowest BCUT2D eigenvalue weighted by molar-refractivity contribution is -0.124.